The fourth-order valence-corrected chi connectivity index (χ4v) is 2.03. The van der Waals surface area contributed by atoms with Crippen molar-refractivity contribution in [3.8, 4) is 11.8 Å². The SMILES string of the molecule is O=Cc1cc([N+](=O)[O-])ccc1C#CCCNC(=O)OCc1ccccc1. The largest absolute Gasteiger partial charge is 0.445 e. The molecule has 1 N–H and O–H groups in total. The first-order chi connectivity index (χ1) is 12.6. The maximum absolute atomic E-state index is 11.6. The molecule has 0 aliphatic heterocycles. The summed E-state index contributed by atoms with van der Waals surface area (Å²) >= 11 is 0. The first kappa shape index (κ1) is 18.7. The van der Waals surface area contributed by atoms with Crippen LogP contribution in [-0.4, -0.2) is 23.8 Å². The molecule has 26 heavy (non-hydrogen) atoms. The molecule has 7 nitrogen and oxygen atoms in total. The third-order valence-electron chi connectivity index (χ3n) is 3.33. The molecule has 1 amide bonds. The number of amides is 1. The molecule has 0 saturated heterocycles. The van der Waals surface area contributed by atoms with Crippen LogP contribution in [0, 0.1) is 22.0 Å². The van der Waals surface area contributed by atoms with Gasteiger partial charge in [-0.05, 0) is 11.6 Å². The summed E-state index contributed by atoms with van der Waals surface area (Å²) in [6.07, 6.45) is 0.325. The van der Waals surface area contributed by atoms with Crippen molar-refractivity contribution in [3.63, 3.8) is 0 Å². The zero-order chi connectivity index (χ0) is 18.8. The molecule has 0 heterocycles. The van der Waals surface area contributed by atoms with Crippen LogP contribution in [0.5, 0.6) is 0 Å². The van der Waals surface area contributed by atoms with Crippen LogP contribution < -0.4 is 5.32 Å². The van der Waals surface area contributed by atoms with Crippen LogP contribution in [0.1, 0.15) is 27.9 Å². The van der Waals surface area contributed by atoms with Gasteiger partial charge in [-0.3, -0.25) is 14.9 Å². The Morgan fingerprint density at radius 1 is 1.23 bits per heavy atom. The van der Waals surface area contributed by atoms with Crippen molar-refractivity contribution in [2.24, 2.45) is 0 Å². The Morgan fingerprint density at radius 3 is 2.69 bits per heavy atom. The standard InChI is InChI=1S/C19H16N2O5/c22-13-17-12-18(21(24)25)10-9-16(17)8-4-5-11-20-19(23)26-14-15-6-2-1-3-7-15/h1-3,6-7,9-10,12-13H,5,11,14H2,(H,20,23). The molecule has 0 radical (unpaired) electrons. The number of hydrogen-bond acceptors (Lipinski definition) is 5. The summed E-state index contributed by atoms with van der Waals surface area (Å²) in [5.41, 5.74) is 1.28. The molecule has 0 unspecified atom stereocenters. The van der Waals surface area contributed by atoms with Gasteiger partial charge in [0.1, 0.15) is 6.61 Å². The maximum Gasteiger partial charge on any atom is 0.407 e. The molecule has 2 rings (SSSR count). The third kappa shape index (κ3) is 5.76. The van der Waals surface area contributed by atoms with Crippen molar-refractivity contribution >= 4 is 18.1 Å². The second kappa shape index (κ2) is 9.59. The van der Waals surface area contributed by atoms with Crippen molar-refractivity contribution in [3.05, 3.63) is 75.3 Å². The molecule has 0 aliphatic carbocycles. The predicted molar refractivity (Wildman–Crippen MR) is 94.6 cm³/mol. The average molecular weight is 352 g/mol. The Bertz CT molecular complexity index is 853. The highest BCUT2D eigenvalue weighted by molar-refractivity contribution is 5.80. The second-order valence-corrected chi connectivity index (χ2v) is 5.19. The van der Waals surface area contributed by atoms with Gasteiger partial charge < -0.3 is 10.1 Å². The van der Waals surface area contributed by atoms with Gasteiger partial charge in [0.2, 0.25) is 0 Å². The second-order valence-electron chi connectivity index (χ2n) is 5.19. The number of hydrogen-bond donors (Lipinski definition) is 1. The highest BCUT2D eigenvalue weighted by Gasteiger charge is 2.08. The molecule has 0 fully saturated rings. The van der Waals surface area contributed by atoms with Gasteiger partial charge in [0.05, 0.1) is 4.92 Å². The van der Waals surface area contributed by atoms with E-state index in [0.29, 0.717) is 18.3 Å². The van der Waals surface area contributed by atoms with E-state index in [2.05, 4.69) is 17.2 Å². The minimum absolute atomic E-state index is 0.155. The smallest absolute Gasteiger partial charge is 0.407 e. The molecule has 0 saturated carbocycles. The minimum atomic E-state index is -0.574. The molecule has 0 spiro atoms. The molecule has 7 heteroatoms. The van der Waals surface area contributed by atoms with Gasteiger partial charge in [0.15, 0.2) is 6.29 Å². The fraction of sp³-hybridized carbons (Fsp3) is 0.158. The number of nitro groups is 1. The maximum atomic E-state index is 11.6. The number of non-ortho nitro benzene ring substituents is 1. The highest BCUT2D eigenvalue weighted by Crippen LogP contribution is 2.15. The lowest BCUT2D eigenvalue weighted by Gasteiger charge is -2.05. The van der Waals surface area contributed by atoms with Gasteiger partial charge >= 0.3 is 6.09 Å². The number of nitro benzene ring substituents is 1. The monoisotopic (exact) mass is 352 g/mol. The van der Waals surface area contributed by atoms with Crippen molar-refractivity contribution < 1.29 is 19.2 Å². The summed E-state index contributed by atoms with van der Waals surface area (Å²) in [6, 6.07) is 13.2. The summed E-state index contributed by atoms with van der Waals surface area (Å²) in [5, 5.41) is 13.3. The number of aldehydes is 1. The lowest BCUT2D eigenvalue weighted by molar-refractivity contribution is -0.384. The molecule has 0 aromatic heterocycles. The van der Waals surface area contributed by atoms with E-state index < -0.39 is 11.0 Å². The third-order valence-corrected chi connectivity index (χ3v) is 3.33. The number of nitrogens with one attached hydrogen (secondary N) is 1. The first-order valence-corrected chi connectivity index (χ1v) is 7.77. The van der Waals surface area contributed by atoms with Gasteiger partial charge in [-0.25, -0.2) is 4.79 Å². The summed E-state index contributed by atoms with van der Waals surface area (Å²) in [4.78, 5) is 32.7. The van der Waals surface area contributed by atoms with E-state index in [1.165, 1.54) is 18.2 Å². The zero-order valence-electron chi connectivity index (χ0n) is 13.8. The Kier molecular flexibility index (Phi) is 6.89. The van der Waals surface area contributed by atoms with Crippen molar-refractivity contribution in [1.29, 1.82) is 0 Å². The number of alkyl carbamates (subject to hydrolysis) is 1. The van der Waals surface area contributed by atoms with Crippen LogP contribution in [0.3, 0.4) is 0 Å². The number of benzene rings is 2. The van der Waals surface area contributed by atoms with Crippen LogP contribution in [0.25, 0.3) is 0 Å². The summed E-state index contributed by atoms with van der Waals surface area (Å²) in [7, 11) is 0. The van der Waals surface area contributed by atoms with Crippen molar-refractivity contribution in [1.82, 2.24) is 5.32 Å². The molecule has 0 bridgehead atoms. The van der Waals surface area contributed by atoms with Gasteiger partial charge in [0, 0.05) is 36.2 Å². The van der Waals surface area contributed by atoms with Crippen LogP contribution in [0.2, 0.25) is 0 Å². The summed E-state index contributed by atoms with van der Waals surface area (Å²) in [5.74, 6) is 5.57. The lowest BCUT2D eigenvalue weighted by Crippen LogP contribution is -2.24. The highest BCUT2D eigenvalue weighted by atomic mass is 16.6. The number of nitrogens with zero attached hydrogens (tertiary/aromatic N) is 1. The van der Waals surface area contributed by atoms with Crippen molar-refractivity contribution in [2.45, 2.75) is 13.0 Å². The van der Waals surface area contributed by atoms with E-state index in [1.54, 1.807) is 0 Å². The molecule has 132 valence electrons. The zero-order valence-corrected chi connectivity index (χ0v) is 13.8. The van der Waals surface area contributed by atoms with E-state index in [9.17, 15) is 19.7 Å². The quantitative estimate of drug-likeness (QED) is 0.283. The minimum Gasteiger partial charge on any atom is -0.445 e. The molecular formula is C19H16N2O5. The number of carbonyl (C=O) groups is 2. The predicted octanol–water partition coefficient (Wildman–Crippen LogP) is 3.08. The molecular weight excluding hydrogens is 336 g/mol. The number of carbonyl (C=O) groups excluding carboxylic acids is 2. The Hall–Kier alpha value is -3.66. The van der Waals surface area contributed by atoms with E-state index >= 15 is 0 Å². The summed E-state index contributed by atoms with van der Waals surface area (Å²) in [6.45, 7) is 0.466. The molecule has 0 atom stereocenters. The van der Waals surface area contributed by atoms with Crippen LogP contribution >= 0.6 is 0 Å². The average Bonchev–Trinajstić information content (AvgIpc) is 2.66. The van der Waals surface area contributed by atoms with Crippen LogP contribution in [-0.2, 0) is 11.3 Å². The first-order valence-electron chi connectivity index (χ1n) is 7.77. The Morgan fingerprint density at radius 2 is 2.00 bits per heavy atom. The van der Waals surface area contributed by atoms with Crippen LogP contribution in [0.15, 0.2) is 48.5 Å². The Labute approximate surface area is 150 Å². The van der Waals surface area contributed by atoms with Gasteiger partial charge in [-0.15, -0.1) is 0 Å². The number of ether oxygens (including phenoxy) is 1. The van der Waals surface area contributed by atoms with E-state index in [1.807, 2.05) is 30.3 Å². The lowest BCUT2D eigenvalue weighted by atomic mass is 10.1. The van der Waals surface area contributed by atoms with Gasteiger partial charge in [-0.1, -0.05) is 42.2 Å². The van der Waals surface area contributed by atoms with E-state index in [-0.39, 0.29) is 24.4 Å². The van der Waals surface area contributed by atoms with E-state index in [0.717, 1.165) is 5.56 Å². The van der Waals surface area contributed by atoms with Gasteiger partial charge in [0.25, 0.3) is 5.69 Å². The normalized spacial score (nSPS) is 9.54. The van der Waals surface area contributed by atoms with Crippen LogP contribution in [0.4, 0.5) is 10.5 Å². The van der Waals surface area contributed by atoms with Crippen molar-refractivity contribution in [2.75, 3.05) is 6.54 Å². The number of rotatable bonds is 6. The topological polar surface area (TPSA) is 98.5 Å². The molecule has 2 aromatic rings. The van der Waals surface area contributed by atoms with E-state index in [4.69, 9.17) is 4.74 Å². The summed E-state index contributed by atoms with van der Waals surface area (Å²) < 4.78 is 5.06. The molecule has 0 aliphatic rings. The molecule has 2 aromatic carbocycles. The van der Waals surface area contributed by atoms with Gasteiger partial charge in [-0.2, -0.15) is 0 Å². The Balaban J connectivity index is 1.79. The fourth-order valence-electron chi connectivity index (χ4n) is 2.03.